The Morgan fingerprint density at radius 2 is 2.20 bits per heavy atom. The first kappa shape index (κ1) is 13.3. The van der Waals surface area contributed by atoms with E-state index in [1.54, 1.807) is 23.1 Å². The van der Waals surface area contributed by atoms with E-state index >= 15 is 0 Å². The van der Waals surface area contributed by atoms with Crippen LogP contribution < -0.4 is 0 Å². The maximum Gasteiger partial charge on any atom is 0.147 e. The number of thioether (sulfide) groups is 1. The summed E-state index contributed by atoms with van der Waals surface area (Å²) in [5.41, 5.74) is 0. The molecule has 0 saturated carbocycles. The fourth-order valence-corrected chi connectivity index (χ4v) is 3.16. The maximum absolute atomic E-state index is 11.6. The van der Waals surface area contributed by atoms with E-state index in [-0.39, 0.29) is 4.75 Å². The molecule has 1 heterocycles. The molecule has 0 aliphatic carbocycles. The van der Waals surface area contributed by atoms with Gasteiger partial charge < -0.3 is 0 Å². The highest BCUT2D eigenvalue weighted by atomic mass is 79.9. The molecule has 0 saturated heterocycles. The van der Waals surface area contributed by atoms with Gasteiger partial charge in [0.15, 0.2) is 0 Å². The lowest BCUT2D eigenvalue weighted by Crippen LogP contribution is -2.13. The van der Waals surface area contributed by atoms with E-state index in [0.717, 1.165) is 9.35 Å². The molecule has 0 bridgehead atoms. The molecule has 1 rings (SSSR count). The van der Waals surface area contributed by atoms with Crippen molar-refractivity contribution in [2.45, 2.75) is 31.9 Å². The standard InChI is InChI=1S/C11H15BrOS2/c1-11(2,3)15-7-9(13)5-10-4-8(12)6-14-10/h4,6H,5,7H2,1-3H3. The lowest BCUT2D eigenvalue weighted by atomic mass is 10.2. The summed E-state index contributed by atoms with van der Waals surface area (Å²) in [4.78, 5) is 12.8. The molecule has 0 unspecified atom stereocenters. The first-order chi connectivity index (χ1) is 6.87. The van der Waals surface area contributed by atoms with Crippen molar-refractivity contribution >= 4 is 44.8 Å². The molecular weight excluding hydrogens is 292 g/mol. The topological polar surface area (TPSA) is 17.1 Å². The van der Waals surface area contributed by atoms with Crippen LogP contribution in [0.3, 0.4) is 0 Å². The van der Waals surface area contributed by atoms with Gasteiger partial charge >= 0.3 is 0 Å². The van der Waals surface area contributed by atoms with Gasteiger partial charge in [-0.05, 0) is 22.0 Å². The lowest BCUT2D eigenvalue weighted by Gasteiger charge is -2.16. The van der Waals surface area contributed by atoms with Gasteiger partial charge in [0.25, 0.3) is 0 Å². The smallest absolute Gasteiger partial charge is 0.147 e. The normalized spacial score (nSPS) is 11.7. The van der Waals surface area contributed by atoms with Gasteiger partial charge in [-0.15, -0.1) is 23.1 Å². The first-order valence-electron chi connectivity index (χ1n) is 4.75. The molecule has 0 fully saturated rings. The van der Waals surface area contributed by atoms with Crippen molar-refractivity contribution < 1.29 is 4.79 Å². The fraction of sp³-hybridized carbons (Fsp3) is 0.545. The van der Waals surface area contributed by atoms with Gasteiger partial charge in [-0.3, -0.25) is 4.79 Å². The summed E-state index contributed by atoms with van der Waals surface area (Å²) in [7, 11) is 0. The van der Waals surface area contributed by atoms with Gasteiger partial charge in [-0.25, -0.2) is 0 Å². The van der Waals surface area contributed by atoms with Crippen molar-refractivity contribution in [3.8, 4) is 0 Å². The molecular formula is C11H15BrOS2. The van der Waals surface area contributed by atoms with E-state index in [9.17, 15) is 4.79 Å². The minimum absolute atomic E-state index is 0.172. The van der Waals surface area contributed by atoms with Gasteiger partial charge in [-0.1, -0.05) is 20.8 Å². The Hall–Kier alpha value is 0.200. The van der Waals surface area contributed by atoms with Gasteiger partial charge in [0.2, 0.25) is 0 Å². The Labute approximate surface area is 108 Å². The Balaban J connectivity index is 2.37. The van der Waals surface area contributed by atoms with Gasteiger partial charge in [0.1, 0.15) is 5.78 Å². The van der Waals surface area contributed by atoms with Gasteiger partial charge in [-0.2, -0.15) is 0 Å². The van der Waals surface area contributed by atoms with Crippen LogP contribution in [-0.2, 0) is 11.2 Å². The number of rotatable bonds is 4. The van der Waals surface area contributed by atoms with Crippen LogP contribution in [0, 0.1) is 0 Å². The summed E-state index contributed by atoms with van der Waals surface area (Å²) in [6, 6.07) is 2.02. The molecule has 1 nitrogen and oxygen atoms in total. The van der Waals surface area contributed by atoms with Crippen molar-refractivity contribution in [3.05, 3.63) is 20.8 Å². The van der Waals surface area contributed by atoms with E-state index in [1.165, 1.54) is 0 Å². The Morgan fingerprint density at radius 3 is 2.67 bits per heavy atom. The van der Waals surface area contributed by atoms with E-state index in [0.29, 0.717) is 18.0 Å². The molecule has 0 aromatic carbocycles. The molecule has 0 N–H and O–H groups in total. The van der Waals surface area contributed by atoms with Gasteiger partial charge in [0, 0.05) is 25.9 Å². The summed E-state index contributed by atoms with van der Waals surface area (Å²) in [5.74, 6) is 0.920. The summed E-state index contributed by atoms with van der Waals surface area (Å²) >= 11 is 6.73. The molecule has 1 aromatic rings. The van der Waals surface area contributed by atoms with Crippen LogP contribution in [-0.4, -0.2) is 16.3 Å². The minimum Gasteiger partial charge on any atom is -0.298 e. The third-order valence-corrected chi connectivity index (χ3v) is 4.69. The van der Waals surface area contributed by atoms with Crippen molar-refractivity contribution in [3.63, 3.8) is 0 Å². The van der Waals surface area contributed by atoms with E-state index in [1.807, 2.05) is 11.4 Å². The molecule has 4 heteroatoms. The summed E-state index contributed by atoms with van der Waals surface area (Å²) in [6.07, 6.45) is 0.569. The zero-order valence-electron chi connectivity index (χ0n) is 9.17. The van der Waals surface area contributed by atoms with Crippen LogP contribution in [0.2, 0.25) is 0 Å². The minimum atomic E-state index is 0.172. The molecule has 0 amide bonds. The van der Waals surface area contributed by atoms with Crippen LogP contribution in [0.4, 0.5) is 0 Å². The molecule has 0 spiro atoms. The Bertz CT molecular complexity index is 339. The molecule has 0 aliphatic heterocycles. The number of carbonyl (C=O) groups excluding carboxylic acids is 1. The summed E-state index contributed by atoms with van der Waals surface area (Å²) < 4.78 is 1.24. The predicted octanol–water partition coefficient (Wildman–Crippen LogP) is 4.15. The van der Waals surface area contributed by atoms with Gasteiger partial charge in [0.05, 0.1) is 5.75 Å². The van der Waals surface area contributed by atoms with Crippen molar-refractivity contribution in [2.24, 2.45) is 0 Å². The van der Waals surface area contributed by atoms with E-state index in [2.05, 4.69) is 36.7 Å². The molecule has 0 atom stereocenters. The van der Waals surface area contributed by atoms with E-state index < -0.39 is 0 Å². The SMILES string of the molecule is CC(C)(C)SCC(=O)Cc1cc(Br)cs1. The average molecular weight is 307 g/mol. The zero-order valence-corrected chi connectivity index (χ0v) is 12.4. The second-order valence-corrected chi connectivity index (χ2v) is 8.06. The highest BCUT2D eigenvalue weighted by Crippen LogP contribution is 2.24. The van der Waals surface area contributed by atoms with E-state index in [4.69, 9.17) is 0 Å². The Morgan fingerprint density at radius 1 is 1.53 bits per heavy atom. The van der Waals surface area contributed by atoms with Crippen molar-refractivity contribution in [1.29, 1.82) is 0 Å². The third-order valence-electron chi connectivity index (χ3n) is 1.66. The average Bonchev–Trinajstić information content (AvgIpc) is 2.47. The second-order valence-electron chi connectivity index (χ2n) is 4.35. The molecule has 15 heavy (non-hydrogen) atoms. The lowest BCUT2D eigenvalue weighted by molar-refractivity contribution is -0.115. The number of ketones is 1. The number of hydrogen-bond donors (Lipinski definition) is 0. The molecule has 0 aliphatic rings. The monoisotopic (exact) mass is 306 g/mol. The van der Waals surface area contributed by atoms with Crippen molar-refractivity contribution in [1.82, 2.24) is 0 Å². The molecule has 84 valence electrons. The highest BCUT2D eigenvalue weighted by molar-refractivity contribution is 9.10. The first-order valence-corrected chi connectivity index (χ1v) is 7.41. The number of carbonyl (C=O) groups is 1. The largest absolute Gasteiger partial charge is 0.298 e. The highest BCUT2D eigenvalue weighted by Gasteiger charge is 2.14. The number of halogens is 1. The van der Waals surface area contributed by atoms with Crippen LogP contribution in [0.15, 0.2) is 15.9 Å². The number of hydrogen-bond acceptors (Lipinski definition) is 3. The summed E-state index contributed by atoms with van der Waals surface area (Å²) in [6.45, 7) is 6.39. The quantitative estimate of drug-likeness (QED) is 0.831. The maximum atomic E-state index is 11.6. The number of Topliss-reactive ketones (excluding diaryl/α,β-unsaturated/α-hetero) is 1. The zero-order chi connectivity index (χ0) is 11.5. The second kappa shape index (κ2) is 5.51. The molecule has 1 aromatic heterocycles. The van der Waals surface area contributed by atoms with Crippen molar-refractivity contribution in [2.75, 3.05) is 5.75 Å². The van der Waals surface area contributed by atoms with Crippen LogP contribution >= 0.6 is 39.0 Å². The summed E-state index contributed by atoms with van der Waals surface area (Å²) in [5, 5.41) is 2.01. The Kier molecular flexibility index (Phi) is 4.87. The number of thiophene rings is 1. The third kappa shape index (κ3) is 5.73. The van der Waals surface area contributed by atoms with Crippen LogP contribution in [0.25, 0.3) is 0 Å². The van der Waals surface area contributed by atoms with Crippen LogP contribution in [0.5, 0.6) is 0 Å². The molecule has 0 radical (unpaired) electrons. The predicted molar refractivity (Wildman–Crippen MR) is 72.9 cm³/mol. The fourth-order valence-electron chi connectivity index (χ4n) is 0.989. The van der Waals surface area contributed by atoms with Crippen LogP contribution in [0.1, 0.15) is 25.6 Å².